The number of aliphatic imine (C=N–C) groups is 1. The third-order valence-corrected chi connectivity index (χ3v) is 5.70. The molecular formula is C22H36N4O2. The molecule has 3 rings (SSSR count). The summed E-state index contributed by atoms with van der Waals surface area (Å²) in [6.45, 7) is 8.78. The Balaban J connectivity index is 1.54. The zero-order valence-electron chi connectivity index (χ0n) is 17.7. The van der Waals surface area contributed by atoms with E-state index in [9.17, 15) is 0 Å². The van der Waals surface area contributed by atoms with E-state index in [2.05, 4.69) is 46.3 Å². The van der Waals surface area contributed by atoms with Crippen LogP contribution in [0.5, 0.6) is 5.75 Å². The Morgan fingerprint density at radius 2 is 1.96 bits per heavy atom. The highest BCUT2D eigenvalue weighted by Gasteiger charge is 2.29. The SMILES string of the molecule is CCNC(=NCCN(CCOC)C1CC1)N1CCC(c2ccc(OC)cc2)C1. The molecule has 1 heterocycles. The van der Waals surface area contributed by atoms with Gasteiger partial charge in [0.1, 0.15) is 5.75 Å². The molecule has 2 aliphatic rings. The van der Waals surface area contributed by atoms with Gasteiger partial charge in [0.15, 0.2) is 5.96 Å². The Bertz CT molecular complexity index is 615. The number of benzene rings is 1. The van der Waals surface area contributed by atoms with Crippen molar-refractivity contribution in [3.8, 4) is 5.75 Å². The lowest BCUT2D eigenvalue weighted by atomic mass is 9.98. The van der Waals surface area contributed by atoms with Gasteiger partial charge in [-0.3, -0.25) is 9.89 Å². The van der Waals surface area contributed by atoms with Crippen molar-refractivity contribution in [1.82, 2.24) is 15.1 Å². The molecule has 1 aliphatic heterocycles. The van der Waals surface area contributed by atoms with Crippen LogP contribution in [0.4, 0.5) is 0 Å². The molecule has 1 aliphatic carbocycles. The van der Waals surface area contributed by atoms with Crippen molar-refractivity contribution in [2.45, 2.75) is 38.1 Å². The van der Waals surface area contributed by atoms with Crippen molar-refractivity contribution in [1.29, 1.82) is 0 Å². The van der Waals surface area contributed by atoms with Crippen LogP contribution in [0.1, 0.15) is 37.7 Å². The van der Waals surface area contributed by atoms with E-state index in [0.717, 1.165) is 63.6 Å². The van der Waals surface area contributed by atoms with Crippen molar-refractivity contribution < 1.29 is 9.47 Å². The number of nitrogens with zero attached hydrogens (tertiary/aromatic N) is 3. The Morgan fingerprint density at radius 1 is 1.18 bits per heavy atom. The predicted molar refractivity (Wildman–Crippen MR) is 114 cm³/mol. The van der Waals surface area contributed by atoms with Gasteiger partial charge in [-0.05, 0) is 43.9 Å². The largest absolute Gasteiger partial charge is 0.497 e. The van der Waals surface area contributed by atoms with Gasteiger partial charge in [0.25, 0.3) is 0 Å². The van der Waals surface area contributed by atoms with Gasteiger partial charge in [-0.2, -0.15) is 0 Å². The van der Waals surface area contributed by atoms with E-state index in [1.807, 2.05) is 0 Å². The van der Waals surface area contributed by atoms with E-state index in [1.54, 1.807) is 14.2 Å². The maximum absolute atomic E-state index is 5.28. The van der Waals surface area contributed by atoms with Crippen LogP contribution in [-0.4, -0.2) is 81.9 Å². The average molecular weight is 389 g/mol. The van der Waals surface area contributed by atoms with Crippen LogP contribution in [0.25, 0.3) is 0 Å². The van der Waals surface area contributed by atoms with Gasteiger partial charge in [-0.1, -0.05) is 12.1 Å². The van der Waals surface area contributed by atoms with E-state index >= 15 is 0 Å². The zero-order valence-corrected chi connectivity index (χ0v) is 17.7. The fraction of sp³-hybridized carbons (Fsp3) is 0.682. The van der Waals surface area contributed by atoms with Crippen LogP contribution < -0.4 is 10.1 Å². The Morgan fingerprint density at radius 3 is 2.61 bits per heavy atom. The van der Waals surface area contributed by atoms with E-state index in [-0.39, 0.29) is 0 Å². The van der Waals surface area contributed by atoms with Crippen LogP contribution in [0, 0.1) is 0 Å². The van der Waals surface area contributed by atoms with Crippen LogP contribution in [0.3, 0.4) is 0 Å². The molecule has 1 atom stereocenters. The van der Waals surface area contributed by atoms with E-state index < -0.39 is 0 Å². The van der Waals surface area contributed by atoms with Crippen molar-refractivity contribution in [2.24, 2.45) is 4.99 Å². The fourth-order valence-electron chi connectivity index (χ4n) is 3.94. The number of nitrogens with one attached hydrogen (secondary N) is 1. The summed E-state index contributed by atoms with van der Waals surface area (Å²) < 4.78 is 10.5. The molecule has 156 valence electrons. The molecule has 1 aromatic rings. The second-order valence-corrected chi connectivity index (χ2v) is 7.70. The highest BCUT2D eigenvalue weighted by atomic mass is 16.5. The summed E-state index contributed by atoms with van der Waals surface area (Å²) in [6, 6.07) is 9.26. The first-order valence-electron chi connectivity index (χ1n) is 10.6. The van der Waals surface area contributed by atoms with E-state index in [1.165, 1.54) is 24.8 Å². The Labute approximate surface area is 169 Å². The van der Waals surface area contributed by atoms with Gasteiger partial charge >= 0.3 is 0 Å². The summed E-state index contributed by atoms with van der Waals surface area (Å²) >= 11 is 0. The number of rotatable bonds is 10. The summed E-state index contributed by atoms with van der Waals surface area (Å²) in [5, 5.41) is 3.49. The Kier molecular flexibility index (Phi) is 7.98. The molecule has 1 unspecified atom stereocenters. The second-order valence-electron chi connectivity index (χ2n) is 7.70. The van der Waals surface area contributed by atoms with Crippen LogP contribution in [0.2, 0.25) is 0 Å². The van der Waals surface area contributed by atoms with Gasteiger partial charge in [0, 0.05) is 51.8 Å². The minimum absolute atomic E-state index is 0.555. The summed E-state index contributed by atoms with van der Waals surface area (Å²) in [5.74, 6) is 2.53. The Hall–Kier alpha value is -1.79. The van der Waals surface area contributed by atoms with Crippen LogP contribution in [0.15, 0.2) is 29.3 Å². The smallest absolute Gasteiger partial charge is 0.193 e. The molecular weight excluding hydrogens is 352 g/mol. The van der Waals surface area contributed by atoms with Gasteiger partial charge in [0.2, 0.25) is 0 Å². The summed E-state index contributed by atoms with van der Waals surface area (Å²) in [7, 11) is 3.49. The first-order valence-corrected chi connectivity index (χ1v) is 10.6. The van der Waals surface area contributed by atoms with Crippen molar-refractivity contribution in [3.63, 3.8) is 0 Å². The molecule has 1 saturated heterocycles. The van der Waals surface area contributed by atoms with E-state index in [4.69, 9.17) is 14.5 Å². The molecule has 28 heavy (non-hydrogen) atoms. The second kappa shape index (κ2) is 10.7. The molecule has 2 fully saturated rings. The third kappa shape index (κ3) is 5.85. The zero-order chi connectivity index (χ0) is 19.8. The van der Waals surface area contributed by atoms with Crippen molar-refractivity contribution in [2.75, 3.05) is 60.1 Å². The van der Waals surface area contributed by atoms with Crippen LogP contribution >= 0.6 is 0 Å². The standard InChI is InChI=1S/C22H36N4O2/c1-4-23-22(24-12-14-25(15-16-27-2)20-7-8-20)26-13-11-19(17-26)18-5-9-21(28-3)10-6-18/h5-6,9-10,19-20H,4,7-8,11-17H2,1-3H3,(H,23,24). The molecule has 1 saturated carbocycles. The number of likely N-dealkylation sites (tertiary alicyclic amines) is 1. The lowest BCUT2D eigenvalue weighted by Crippen LogP contribution is -2.40. The summed E-state index contributed by atoms with van der Waals surface area (Å²) in [4.78, 5) is 9.88. The van der Waals surface area contributed by atoms with E-state index in [0.29, 0.717) is 5.92 Å². The molecule has 0 spiro atoms. The molecule has 6 nitrogen and oxygen atoms in total. The highest BCUT2D eigenvalue weighted by molar-refractivity contribution is 5.80. The molecule has 0 bridgehead atoms. The fourth-order valence-corrected chi connectivity index (χ4v) is 3.94. The first kappa shape index (κ1) is 20.9. The monoisotopic (exact) mass is 388 g/mol. The van der Waals surface area contributed by atoms with Gasteiger partial charge in [0.05, 0.1) is 20.3 Å². The molecule has 0 aromatic heterocycles. The summed E-state index contributed by atoms with van der Waals surface area (Å²) in [5.41, 5.74) is 1.39. The first-order chi connectivity index (χ1) is 13.7. The predicted octanol–water partition coefficient (Wildman–Crippen LogP) is 2.56. The number of methoxy groups -OCH3 is 2. The molecule has 1 N–H and O–H groups in total. The van der Waals surface area contributed by atoms with Gasteiger partial charge < -0.3 is 19.7 Å². The lowest BCUT2D eigenvalue weighted by molar-refractivity contribution is 0.145. The quantitative estimate of drug-likeness (QED) is 0.493. The molecule has 0 amide bonds. The number of hydrogen-bond acceptors (Lipinski definition) is 4. The van der Waals surface area contributed by atoms with Crippen molar-refractivity contribution in [3.05, 3.63) is 29.8 Å². The number of hydrogen-bond donors (Lipinski definition) is 1. The minimum atomic E-state index is 0.555. The third-order valence-electron chi connectivity index (χ3n) is 5.70. The number of ether oxygens (including phenoxy) is 2. The minimum Gasteiger partial charge on any atom is -0.497 e. The van der Waals surface area contributed by atoms with Gasteiger partial charge in [-0.15, -0.1) is 0 Å². The molecule has 6 heteroatoms. The number of guanidine groups is 1. The average Bonchev–Trinajstić information content (AvgIpc) is 3.46. The van der Waals surface area contributed by atoms with Crippen LogP contribution in [-0.2, 0) is 4.74 Å². The summed E-state index contributed by atoms with van der Waals surface area (Å²) in [6.07, 6.45) is 3.81. The normalized spacial score (nSPS) is 20.1. The lowest BCUT2D eigenvalue weighted by Gasteiger charge is -2.23. The maximum atomic E-state index is 5.28. The molecule has 0 radical (unpaired) electrons. The van der Waals surface area contributed by atoms with Crippen molar-refractivity contribution >= 4 is 5.96 Å². The highest BCUT2D eigenvalue weighted by Crippen LogP contribution is 2.29. The topological polar surface area (TPSA) is 49.3 Å². The molecule has 1 aromatic carbocycles. The maximum Gasteiger partial charge on any atom is 0.193 e. The van der Waals surface area contributed by atoms with Gasteiger partial charge in [-0.25, -0.2) is 0 Å².